The molecule has 0 atom stereocenters. The number of benzene rings is 1. The number of hydrogen-bond acceptors (Lipinski definition) is 8. The van der Waals surface area contributed by atoms with E-state index in [9.17, 15) is 18.3 Å². The largest absolute Gasteiger partial charge is 0.417 e. The predicted molar refractivity (Wildman–Crippen MR) is 119 cm³/mol. The Bertz CT molecular complexity index is 1120. The van der Waals surface area contributed by atoms with Crippen molar-refractivity contribution in [3.63, 3.8) is 0 Å². The van der Waals surface area contributed by atoms with Gasteiger partial charge in [-0.1, -0.05) is 18.2 Å². The van der Waals surface area contributed by atoms with Gasteiger partial charge in [0, 0.05) is 42.6 Å². The van der Waals surface area contributed by atoms with Crippen LogP contribution in [0.5, 0.6) is 0 Å². The van der Waals surface area contributed by atoms with Crippen LogP contribution in [0.4, 0.5) is 30.6 Å². The number of aliphatic hydroxyl groups excluding tert-OH is 1. The second-order valence-electron chi connectivity index (χ2n) is 7.39. The summed E-state index contributed by atoms with van der Waals surface area (Å²) in [6.45, 7) is 2.20. The highest BCUT2D eigenvalue weighted by molar-refractivity contribution is 5.79. The molecule has 4 N–H and O–H groups in total. The van der Waals surface area contributed by atoms with Crippen molar-refractivity contribution in [1.29, 1.82) is 0 Å². The van der Waals surface area contributed by atoms with Gasteiger partial charge in [0.2, 0.25) is 5.95 Å². The number of halogens is 3. The summed E-state index contributed by atoms with van der Waals surface area (Å²) in [5, 5.41) is 12.3. The average molecular weight is 460 g/mol. The molecule has 11 heteroatoms. The third-order valence-corrected chi connectivity index (χ3v) is 5.15. The Labute approximate surface area is 188 Å². The van der Waals surface area contributed by atoms with E-state index in [0.717, 1.165) is 12.3 Å². The number of para-hydroxylation sites is 1. The molecule has 0 radical (unpaired) electrons. The van der Waals surface area contributed by atoms with Gasteiger partial charge in [0.05, 0.1) is 36.8 Å². The summed E-state index contributed by atoms with van der Waals surface area (Å²) < 4.78 is 46.8. The summed E-state index contributed by atoms with van der Waals surface area (Å²) in [5.74, 6) is 0.0695. The fourth-order valence-corrected chi connectivity index (χ4v) is 3.58. The lowest BCUT2D eigenvalue weighted by Crippen LogP contribution is -2.37. The first kappa shape index (κ1) is 22.7. The van der Waals surface area contributed by atoms with Gasteiger partial charge in [0.25, 0.3) is 0 Å². The topological polar surface area (TPSA) is 109 Å². The highest BCUT2D eigenvalue weighted by Gasteiger charge is 2.35. The smallest absolute Gasteiger partial charge is 0.395 e. The van der Waals surface area contributed by atoms with Crippen LogP contribution in [0.1, 0.15) is 5.56 Å². The molecule has 1 aromatic carbocycles. The van der Waals surface area contributed by atoms with Crippen LogP contribution >= 0.6 is 0 Å². The third kappa shape index (κ3) is 5.15. The second-order valence-corrected chi connectivity index (χ2v) is 7.39. The Morgan fingerprint density at radius 3 is 2.45 bits per heavy atom. The Kier molecular flexibility index (Phi) is 6.61. The molecule has 1 saturated heterocycles. The highest BCUT2D eigenvalue weighted by atomic mass is 19.4. The molecule has 4 rings (SSSR count). The standard InChI is InChI=1S/C22H23F3N6O2/c23-22(24,25)16-11-20(26)28-13-15(16)19-12-18(14-3-1-2-4-17(14)27-5-8-32)29-21(30-19)31-6-9-33-10-7-31/h1-4,11-13,27,32H,5-10H2,(H2,26,28). The van der Waals surface area contributed by atoms with E-state index in [4.69, 9.17) is 10.5 Å². The monoisotopic (exact) mass is 460 g/mol. The molecule has 1 aliphatic heterocycles. The molecule has 0 bridgehead atoms. The number of hydrogen-bond donors (Lipinski definition) is 3. The SMILES string of the molecule is Nc1cc(C(F)(F)F)c(-c2cc(-c3ccccc3NCCO)nc(N3CCOCC3)n2)cn1. The summed E-state index contributed by atoms with van der Waals surface area (Å²) in [5.41, 5.74) is 6.32. The highest BCUT2D eigenvalue weighted by Crippen LogP contribution is 2.39. The van der Waals surface area contributed by atoms with Crippen LogP contribution in [0, 0.1) is 0 Å². The lowest BCUT2D eigenvalue weighted by Gasteiger charge is -2.27. The van der Waals surface area contributed by atoms with Gasteiger partial charge in [-0.25, -0.2) is 15.0 Å². The van der Waals surface area contributed by atoms with Gasteiger partial charge in [-0.3, -0.25) is 0 Å². The molecular weight excluding hydrogens is 437 g/mol. The van der Waals surface area contributed by atoms with Gasteiger partial charge in [-0.05, 0) is 18.2 Å². The molecule has 8 nitrogen and oxygen atoms in total. The quantitative estimate of drug-likeness (QED) is 0.515. The zero-order valence-corrected chi connectivity index (χ0v) is 17.6. The Hall–Kier alpha value is -3.44. The second kappa shape index (κ2) is 9.59. The predicted octanol–water partition coefficient (Wildman–Crippen LogP) is 3.05. The van der Waals surface area contributed by atoms with Gasteiger partial charge < -0.3 is 25.8 Å². The number of morpholine rings is 1. The van der Waals surface area contributed by atoms with E-state index in [2.05, 4.69) is 20.3 Å². The van der Waals surface area contributed by atoms with Crippen LogP contribution in [0.15, 0.2) is 42.6 Å². The normalized spacial score (nSPS) is 14.4. The maximum Gasteiger partial charge on any atom is 0.417 e. The number of ether oxygens (including phenoxy) is 1. The van der Waals surface area contributed by atoms with Crippen molar-refractivity contribution in [2.24, 2.45) is 0 Å². The van der Waals surface area contributed by atoms with Gasteiger partial charge in [-0.15, -0.1) is 0 Å². The molecule has 1 aliphatic rings. The summed E-state index contributed by atoms with van der Waals surface area (Å²) >= 11 is 0. The van der Waals surface area contributed by atoms with E-state index in [1.54, 1.807) is 6.07 Å². The summed E-state index contributed by atoms with van der Waals surface area (Å²) in [6.07, 6.45) is -3.56. The van der Waals surface area contributed by atoms with E-state index in [1.165, 1.54) is 6.07 Å². The third-order valence-electron chi connectivity index (χ3n) is 5.15. The van der Waals surface area contributed by atoms with Crippen LogP contribution in [0.3, 0.4) is 0 Å². The number of nitrogens with zero attached hydrogens (tertiary/aromatic N) is 4. The minimum absolute atomic E-state index is 0.0750. The van der Waals surface area contributed by atoms with E-state index in [-0.39, 0.29) is 23.7 Å². The van der Waals surface area contributed by atoms with Gasteiger partial charge >= 0.3 is 6.18 Å². The molecule has 33 heavy (non-hydrogen) atoms. The molecule has 0 aliphatic carbocycles. The molecule has 2 aromatic heterocycles. The van der Waals surface area contributed by atoms with Crippen molar-refractivity contribution in [1.82, 2.24) is 15.0 Å². The van der Waals surface area contributed by atoms with Gasteiger partial charge in [-0.2, -0.15) is 13.2 Å². The van der Waals surface area contributed by atoms with Crippen LogP contribution in [-0.2, 0) is 10.9 Å². The van der Waals surface area contributed by atoms with Crippen LogP contribution in [0.25, 0.3) is 22.5 Å². The summed E-state index contributed by atoms with van der Waals surface area (Å²) in [6, 6.07) is 9.56. The minimum atomic E-state index is -4.64. The summed E-state index contributed by atoms with van der Waals surface area (Å²) in [4.78, 5) is 14.9. The number of nitrogens with one attached hydrogen (secondary N) is 1. The van der Waals surface area contributed by atoms with Crippen molar-refractivity contribution in [3.05, 3.63) is 48.2 Å². The fourth-order valence-electron chi connectivity index (χ4n) is 3.58. The zero-order valence-electron chi connectivity index (χ0n) is 17.6. The van der Waals surface area contributed by atoms with Crippen LogP contribution < -0.4 is 16.0 Å². The Morgan fingerprint density at radius 2 is 1.76 bits per heavy atom. The molecule has 0 spiro atoms. The van der Waals surface area contributed by atoms with Crippen molar-refractivity contribution < 1.29 is 23.0 Å². The van der Waals surface area contributed by atoms with E-state index in [1.807, 2.05) is 23.1 Å². The maximum atomic E-state index is 13.8. The first-order valence-electron chi connectivity index (χ1n) is 10.4. The van der Waals surface area contributed by atoms with Crippen LogP contribution in [-0.4, -0.2) is 59.5 Å². The number of rotatable bonds is 6. The number of anilines is 3. The lowest BCUT2D eigenvalue weighted by molar-refractivity contribution is -0.137. The van der Waals surface area contributed by atoms with E-state index >= 15 is 0 Å². The number of pyridine rings is 1. The number of nitrogens with two attached hydrogens (primary N) is 1. The number of nitrogen functional groups attached to an aromatic ring is 1. The summed E-state index contributed by atoms with van der Waals surface area (Å²) in [7, 11) is 0. The molecule has 3 heterocycles. The van der Waals surface area contributed by atoms with E-state index in [0.29, 0.717) is 55.7 Å². The Balaban J connectivity index is 1.90. The number of aliphatic hydroxyl groups is 1. The number of alkyl halides is 3. The molecule has 0 saturated carbocycles. The van der Waals surface area contributed by atoms with Gasteiger partial charge in [0.1, 0.15) is 5.82 Å². The average Bonchev–Trinajstić information content (AvgIpc) is 2.82. The molecular formula is C22H23F3N6O2. The maximum absolute atomic E-state index is 13.8. The molecule has 0 unspecified atom stereocenters. The Morgan fingerprint density at radius 1 is 1.06 bits per heavy atom. The van der Waals surface area contributed by atoms with Gasteiger partial charge in [0.15, 0.2) is 0 Å². The van der Waals surface area contributed by atoms with Crippen molar-refractivity contribution >= 4 is 17.5 Å². The van der Waals surface area contributed by atoms with E-state index < -0.39 is 11.7 Å². The molecule has 174 valence electrons. The first-order chi connectivity index (χ1) is 15.9. The molecule has 3 aromatic rings. The zero-order chi connectivity index (χ0) is 23.4. The fraction of sp³-hybridized carbons (Fsp3) is 0.318. The number of aromatic nitrogens is 3. The first-order valence-corrected chi connectivity index (χ1v) is 10.4. The molecule has 0 amide bonds. The van der Waals surface area contributed by atoms with Crippen molar-refractivity contribution in [2.45, 2.75) is 6.18 Å². The van der Waals surface area contributed by atoms with Crippen LogP contribution in [0.2, 0.25) is 0 Å². The molecule has 1 fully saturated rings. The lowest BCUT2D eigenvalue weighted by atomic mass is 10.0. The van der Waals surface area contributed by atoms with Crippen molar-refractivity contribution in [3.8, 4) is 22.5 Å². The van der Waals surface area contributed by atoms with Crippen molar-refractivity contribution in [2.75, 3.05) is 55.4 Å². The minimum Gasteiger partial charge on any atom is -0.395 e.